The first-order valence-corrected chi connectivity index (χ1v) is 10.1. The van der Waals surface area contributed by atoms with Gasteiger partial charge in [0.15, 0.2) is 11.5 Å². The molecule has 0 bridgehead atoms. The number of amides is 4. The molecule has 1 fully saturated rings. The molecule has 4 amide bonds. The Morgan fingerprint density at radius 1 is 1.03 bits per heavy atom. The number of carbonyl (C=O) groups excluding carboxylic acids is 3. The Hall–Kier alpha value is -3.33. The summed E-state index contributed by atoms with van der Waals surface area (Å²) in [5, 5.41) is 2.20. The molecule has 0 aliphatic carbocycles. The molecular weight excluding hydrogens is 468 g/mol. The molecule has 0 unspecified atom stereocenters. The van der Waals surface area contributed by atoms with Gasteiger partial charge in [0.05, 0.1) is 30.5 Å². The predicted molar refractivity (Wildman–Crippen MR) is 118 cm³/mol. The quantitative estimate of drug-likeness (QED) is 0.489. The van der Waals surface area contributed by atoms with E-state index in [1.807, 2.05) is 13.8 Å². The average molecular weight is 489 g/mol. The fraction of sp³-hybridized carbons (Fsp3) is 0.227. The molecule has 0 atom stereocenters. The van der Waals surface area contributed by atoms with Crippen LogP contribution in [0.15, 0.2) is 46.4 Å². The van der Waals surface area contributed by atoms with Crippen LogP contribution in [0.2, 0.25) is 0 Å². The van der Waals surface area contributed by atoms with Crippen molar-refractivity contribution in [3.8, 4) is 17.2 Å². The van der Waals surface area contributed by atoms with E-state index in [-0.39, 0.29) is 11.7 Å². The van der Waals surface area contributed by atoms with Crippen molar-refractivity contribution in [2.45, 2.75) is 20.0 Å². The molecule has 9 heteroatoms. The van der Waals surface area contributed by atoms with Gasteiger partial charge in [-0.3, -0.25) is 14.9 Å². The molecule has 0 aromatic heterocycles. The van der Waals surface area contributed by atoms with Gasteiger partial charge in [0, 0.05) is 0 Å². The number of carbonyl (C=O) groups is 3. The van der Waals surface area contributed by atoms with E-state index in [0.717, 1.165) is 4.90 Å². The van der Waals surface area contributed by atoms with Crippen LogP contribution < -0.4 is 24.4 Å². The number of ether oxygens (including phenoxy) is 3. The number of anilines is 1. The van der Waals surface area contributed by atoms with Crippen LogP contribution in [0.1, 0.15) is 19.4 Å². The highest BCUT2D eigenvalue weighted by Gasteiger charge is 2.36. The SMILES string of the molecule is COc1ccc(N2C(=O)NC(=O)/C(=C\c3cc(Br)c(OC(C)C)c(OC)c3)C2=O)cc1. The van der Waals surface area contributed by atoms with E-state index in [0.29, 0.717) is 33.0 Å². The summed E-state index contributed by atoms with van der Waals surface area (Å²) < 4.78 is 16.8. The Labute approximate surface area is 187 Å². The van der Waals surface area contributed by atoms with E-state index < -0.39 is 17.8 Å². The van der Waals surface area contributed by atoms with Gasteiger partial charge in [0.25, 0.3) is 11.8 Å². The minimum atomic E-state index is -0.822. The van der Waals surface area contributed by atoms with Crippen molar-refractivity contribution in [2.75, 3.05) is 19.1 Å². The number of hydrogen-bond donors (Lipinski definition) is 1. The number of urea groups is 1. The van der Waals surface area contributed by atoms with Crippen LogP contribution in [0.4, 0.5) is 10.5 Å². The first-order valence-electron chi connectivity index (χ1n) is 9.34. The lowest BCUT2D eigenvalue weighted by atomic mass is 10.1. The number of nitrogens with one attached hydrogen (secondary N) is 1. The van der Waals surface area contributed by atoms with Crippen molar-refractivity contribution in [3.63, 3.8) is 0 Å². The van der Waals surface area contributed by atoms with Gasteiger partial charge >= 0.3 is 6.03 Å². The zero-order chi connectivity index (χ0) is 22.7. The third-order valence-electron chi connectivity index (χ3n) is 4.35. The first-order chi connectivity index (χ1) is 14.7. The molecule has 1 aliphatic heterocycles. The second-order valence-corrected chi connectivity index (χ2v) is 7.71. The molecule has 2 aromatic rings. The number of barbiturate groups is 1. The van der Waals surface area contributed by atoms with Gasteiger partial charge in [0.1, 0.15) is 11.3 Å². The first kappa shape index (κ1) is 22.4. The van der Waals surface area contributed by atoms with Crippen LogP contribution in [-0.2, 0) is 9.59 Å². The molecular formula is C22H21BrN2O6. The Bertz CT molecular complexity index is 1060. The van der Waals surface area contributed by atoms with Gasteiger partial charge in [-0.2, -0.15) is 0 Å². The smallest absolute Gasteiger partial charge is 0.335 e. The van der Waals surface area contributed by atoms with Crippen molar-refractivity contribution in [1.29, 1.82) is 0 Å². The van der Waals surface area contributed by atoms with Gasteiger partial charge in [-0.15, -0.1) is 0 Å². The maximum Gasteiger partial charge on any atom is 0.335 e. The third kappa shape index (κ3) is 4.72. The zero-order valence-corrected chi connectivity index (χ0v) is 19.0. The highest BCUT2D eigenvalue weighted by atomic mass is 79.9. The molecule has 3 rings (SSSR count). The molecule has 1 heterocycles. The number of nitrogens with zero attached hydrogens (tertiary/aromatic N) is 1. The molecule has 1 aliphatic rings. The molecule has 162 valence electrons. The van der Waals surface area contributed by atoms with Gasteiger partial charge in [-0.25, -0.2) is 9.69 Å². The number of imide groups is 2. The monoisotopic (exact) mass is 488 g/mol. The standard InChI is InChI=1S/C22H21BrN2O6/c1-12(2)31-19-17(23)10-13(11-18(19)30-4)9-16-20(26)24-22(28)25(21(16)27)14-5-7-15(29-3)8-6-14/h5-12H,1-4H3,(H,24,26,28)/b16-9+. The normalized spacial score (nSPS) is 15.4. The molecule has 8 nitrogen and oxygen atoms in total. The number of rotatable bonds is 6. The van der Waals surface area contributed by atoms with Gasteiger partial charge in [-0.1, -0.05) is 0 Å². The Morgan fingerprint density at radius 2 is 1.71 bits per heavy atom. The maximum atomic E-state index is 13.0. The average Bonchev–Trinajstić information content (AvgIpc) is 2.72. The van der Waals surface area contributed by atoms with Crippen molar-refractivity contribution in [3.05, 3.63) is 52.0 Å². The van der Waals surface area contributed by atoms with Gasteiger partial charge in [0.2, 0.25) is 0 Å². The highest BCUT2D eigenvalue weighted by molar-refractivity contribution is 9.10. The summed E-state index contributed by atoms with van der Waals surface area (Å²) in [5.74, 6) is -0.00855. The fourth-order valence-corrected chi connectivity index (χ4v) is 3.52. The maximum absolute atomic E-state index is 13.0. The zero-order valence-electron chi connectivity index (χ0n) is 17.4. The van der Waals surface area contributed by atoms with Crippen molar-refractivity contribution >= 4 is 45.5 Å². The predicted octanol–water partition coefficient (Wildman–Crippen LogP) is 3.92. The van der Waals surface area contributed by atoms with Gasteiger partial charge < -0.3 is 14.2 Å². The van der Waals surface area contributed by atoms with Crippen molar-refractivity contribution in [2.24, 2.45) is 0 Å². The van der Waals surface area contributed by atoms with Crippen LogP contribution in [0.5, 0.6) is 17.2 Å². The Kier molecular flexibility index (Phi) is 6.65. The minimum Gasteiger partial charge on any atom is -0.497 e. The second kappa shape index (κ2) is 9.22. The lowest BCUT2D eigenvalue weighted by molar-refractivity contribution is -0.122. The lowest BCUT2D eigenvalue weighted by Crippen LogP contribution is -2.54. The van der Waals surface area contributed by atoms with E-state index in [4.69, 9.17) is 14.2 Å². The van der Waals surface area contributed by atoms with Gasteiger partial charge in [-0.05, 0) is 77.8 Å². The number of methoxy groups -OCH3 is 2. The van der Waals surface area contributed by atoms with E-state index in [9.17, 15) is 14.4 Å². The van der Waals surface area contributed by atoms with E-state index in [2.05, 4.69) is 21.2 Å². The summed E-state index contributed by atoms with van der Waals surface area (Å²) in [7, 11) is 3.01. The van der Waals surface area contributed by atoms with Crippen LogP contribution in [0.25, 0.3) is 6.08 Å². The Balaban J connectivity index is 2.00. The highest BCUT2D eigenvalue weighted by Crippen LogP contribution is 2.38. The molecule has 0 saturated carbocycles. The summed E-state index contributed by atoms with van der Waals surface area (Å²) in [6, 6.07) is 8.86. The number of halogens is 1. The molecule has 0 radical (unpaired) electrons. The summed E-state index contributed by atoms with van der Waals surface area (Å²) in [5.41, 5.74) is 0.630. The minimum absolute atomic E-state index is 0.0795. The van der Waals surface area contributed by atoms with Crippen LogP contribution in [0, 0.1) is 0 Å². The topological polar surface area (TPSA) is 94.2 Å². The lowest BCUT2D eigenvalue weighted by Gasteiger charge is -2.26. The van der Waals surface area contributed by atoms with E-state index in [1.54, 1.807) is 36.4 Å². The van der Waals surface area contributed by atoms with Crippen molar-refractivity contribution < 1.29 is 28.6 Å². The number of hydrogen-bond acceptors (Lipinski definition) is 6. The largest absolute Gasteiger partial charge is 0.497 e. The summed E-state index contributed by atoms with van der Waals surface area (Å²) in [4.78, 5) is 38.7. The second-order valence-electron chi connectivity index (χ2n) is 6.86. The van der Waals surface area contributed by atoms with Crippen LogP contribution >= 0.6 is 15.9 Å². The fourth-order valence-electron chi connectivity index (χ4n) is 2.96. The molecule has 0 spiro atoms. The summed E-state index contributed by atoms with van der Waals surface area (Å²) in [6.07, 6.45) is 1.32. The van der Waals surface area contributed by atoms with E-state index in [1.165, 1.54) is 20.3 Å². The third-order valence-corrected chi connectivity index (χ3v) is 4.94. The summed E-state index contributed by atoms with van der Waals surface area (Å²) >= 11 is 3.44. The van der Waals surface area contributed by atoms with Crippen LogP contribution in [0.3, 0.4) is 0 Å². The van der Waals surface area contributed by atoms with E-state index >= 15 is 0 Å². The molecule has 31 heavy (non-hydrogen) atoms. The number of benzene rings is 2. The molecule has 2 aromatic carbocycles. The molecule has 1 saturated heterocycles. The molecule has 1 N–H and O–H groups in total. The van der Waals surface area contributed by atoms with Crippen molar-refractivity contribution in [1.82, 2.24) is 5.32 Å². The van der Waals surface area contributed by atoms with Crippen LogP contribution in [-0.4, -0.2) is 38.2 Å². The Morgan fingerprint density at radius 3 is 2.29 bits per heavy atom. The summed E-state index contributed by atoms with van der Waals surface area (Å²) in [6.45, 7) is 3.77.